The van der Waals surface area contributed by atoms with Crippen LogP contribution in [0.3, 0.4) is 0 Å². The second kappa shape index (κ2) is 3.24. The Kier molecular flexibility index (Phi) is 2.19. The summed E-state index contributed by atoms with van der Waals surface area (Å²) in [7, 11) is 0. The van der Waals surface area contributed by atoms with E-state index in [4.69, 9.17) is 4.74 Å². The molecule has 14 heavy (non-hydrogen) atoms. The molecule has 0 radical (unpaired) electrons. The third-order valence-corrected chi connectivity index (χ3v) is 3.06. The summed E-state index contributed by atoms with van der Waals surface area (Å²) < 4.78 is 4.88. The zero-order valence-corrected chi connectivity index (χ0v) is 8.03. The number of carbonyl (C=O) groups excluding carboxylic acids is 1. The van der Waals surface area contributed by atoms with Gasteiger partial charge >= 0.3 is 5.97 Å². The van der Waals surface area contributed by atoms with Crippen LogP contribution < -0.4 is 0 Å². The number of aliphatic hydroxyl groups is 1. The largest absolute Gasteiger partial charge is 0.463 e. The highest BCUT2D eigenvalue weighted by molar-refractivity contribution is 5.86. The smallest absolute Gasteiger partial charge is 0.343 e. The fraction of sp³-hybridized carbons (Fsp3) is 0.545. The summed E-state index contributed by atoms with van der Waals surface area (Å²) in [5.74, 6) is -0.810. The molecule has 2 rings (SSSR count). The summed E-state index contributed by atoms with van der Waals surface area (Å²) in [5, 5.41) is 10.3. The van der Waals surface area contributed by atoms with Crippen molar-refractivity contribution in [3.8, 4) is 0 Å². The molecule has 1 saturated heterocycles. The maximum absolute atomic E-state index is 11.5. The molecule has 2 aliphatic rings. The molecule has 1 aliphatic heterocycles. The van der Waals surface area contributed by atoms with E-state index in [0.29, 0.717) is 0 Å². The van der Waals surface area contributed by atoms with Gasteiger partial charge in [0.1, 0.15) is 6.61 Å². The fourth-order valence-corrected chi connectivity index (χ4v) is 2.17. The fourth-order valence-electron chi connectivity index (χ4n) is 2.17. The SMILES string of the molecule is C=C[C@H]1COC(=O)[C@@]1(O)C1=CCCC1. The number of carbonyl (C=O) groups is 1. The summed E-state index contributed by atoms with van der Waals surface area (Å²) in [4.78, 5) is 11.5. The van der Waals surface area contributed by atoms with Crippen molar-refractivity contribution < 1.29 is 14.6 Å². The van der Waals surface area contributed by atoms with Crippen molar-refractivity contribution in [2.45, 2.75) is 24.9 Å². The predicted octanol–water partition coefficient (Wildman–Crippen LogP) is 1.19. The highest BCUT2D eigenvalue weighted by Gasteiger charge is 2.52. The van der Waals surface area contributed by atoms with E-state index < -0.39 is 11.6 Å². The van der Waals surface area contributed by atoms with Crippen LogP contribution in [0.4, 0.5) is 0 Å². The average molecular weight is 194 g/mol. The average Bonchev–Trinajstić information content (AvgIpc) is 2.77. The molecule has 0 amide bonds. The predicted molar refractivity (Wildman–Crippen MR) is 51.5 cm³/mol. The molecule has 2 atom stereocenters. The van der Waals surface area contributed by atoms with Crippen LogP contribution in [0.15, 0.2) is 24.3 Å². The number of esters is 1. The van der Waals surface area contributed by atoms with Gasteiger partial charge in [0, 0.05) is 0 Å². The lowest BCUT2D eigenvalue weighted by molar-refractivity contribution is -0.150. The Morgan fingerprint density at radius 2 is 2.50 bits per heavy atom. The van der Waals surface area contributed by atoms with E-state index in [1.807, 2.05) is 6.08 Å². The summed E-state index contributed by atoms with van der Waals surface area (Å²) in [6.45, 7) is 3.87. The molecule has 1 fully saturated rings. The standard InChI is InChI=1S/C11H14O3/c1-2-8-7-14-10(12)11(8,13)9-5-3-4-6-9/h2,5,8,13H,1,3-4,6-7H2/t8-,11-/m0/s1. The van der Waals surface area contributed by atoms with Crippen LogP contribution in [0.25, 0.3) is 0 Å². The van der Waals surface area contributed by atoms with Gasteiger partial charge in [0.2, 0.25) is 0 Å². The van der Waals surface area contributed by atoms with Crippen LogP contribution in [0.2, 0.25) is 0 Å². The zero-order chi connectivity index (χ0) is 10.2. The number of hydrogen-bond acceptors (Lipinski definition) is 3. The molecule has 1 aliphatic carbocycles. The summed E-state index contributed by atoms with van der Waals surface area (Å²) >= 11 is 0. The van der Waals surface area contributed by atoms with Gasteiger partial charge in [-0.05, 0) is 24.8 Å². The molecule has 0 aromatic heterocycles. The Bertz CT molecular complexity index is 306. The first-order valence-corrected chi connectivity index (χ1v) is 4.91. The molecular weight excluding hydrogens is 180 g/mol. The number of hydrogen-bond donors (Lipinski definition) is 1. The van der Waals surface area contributed by atoms with Gasteiger partial charge in [0.25, 0.3) is 0 Å². The highest BCUT2D eigenvalue weighted by Crippen LogP contribution is 2.39. The van der Waals surface area contributed by atoms with Gasteiger partial charge < -0.3 is 9.84 Å². The van der Waals surface area contributed by atoms with Crippen LogP contribution in [-0.4, -0.2) is 23.3 Å². The van der Waals surface area contributed by atoms with Crippen molar-refractivity contribution in [2.24, 2.45) is 5.92 Å². The van der Waals surface area contributed by atoms with Gasteiger partial charge in [-0.2, -0.15) is 0 Å². The molecule has 1 heterocycles. The number of cyclic esters (lactones) is 1. The molecule has 0 unspecified atom stereocenters. The molecule has 0 bridgehead atoms. The molecule has 1 N–H and O–H groups in total. The van der Waals surface area contributed by atoms with Crippen molar-refractivity contribution in [2.75, 3.05) is 6.61 Å². The van der Waals surface area contributed by atoms with Crippen molar-refractivity contribution in [3.05, 3.63) is 24.3 Å². The van der Waals surface area contributed by atoms with Gasteiger partial charge in [-0.15, -0.1) is 6.58 Å². The normalized spacial score (nSPS) is 36.8. The van der Waals surface area contributed by atoms with E-state index in [0.717, 1.165) is 24.8 Å². The molecule has 3 heteroatoms. The van der Waals surface area contributed by atoms with E-state index in [9.17, 15) is 9.90 Å². The molecule has 0 aromatic rings. The molecule has 0 aromatic carbocycles. The van der Waals surface area contributed by atoms with E-state index in [-0.39, 0.29) is 12.5 Å². The van der Waals surface area contributed by atoms with E-state index in [1.54, 1.807) is 6.08 Å². The Labute approximate surface area is 83.1 Å². The molecule has 3 nitrogen and oxygen atoms in total. The first kappa shape index (κ1) is 9.46. The Balaban J connectivity index is 2.34. The molecule has 76 valence electrons. The van der Waals surface area contributed by atoms with Crippen molar-refractivity contribution in [3.63, 3.8) is 0 Å². The van der Waals surface area contributed by atoms with Crippen LogP contribution in [0.5, 0.6) is 0 Å². The summed E-state index contributed by atoms with van der Waals surface area (Å²) in [6, 6.07) is 0. The van der Waals surface area contributed by atoms with Crippen LogP contribution >= 0.6 is 0 Å². The lowest BCUT2D eigenvalue weighted by Gasteiger charge is -2.24. The summed E-state index contributed by atoms with van der Waals surface area (Å²) in [5.41, 5.74) is -0.608. The topological polar surface area (TPSA) is 46.5 Å². The highest BCUT2D eigenvalue weighted by atomic mass is 16.6. The van der Waals surface area contributed by atoms with E-state index >= 15 is 0 Å². The molecule has 0 saturated carbocycles. The third-order valence-electron chi connectivity index (χ3n) is 3.06. The minimum Gasteiger partial charge on any atom is -0.463 e. The van der Waals surface area contributed by atoms with Crippen LogP contribution in [0.1, 0.15) is 19.3 Å². The number of ether oxygens (including phenoxy) is 1. The van der Waals surface area contributed by atoms with Gasteiger partial charge in [-0.3, -0.25) is 0 Å². The van der Waals surface area contributed by atoms with Gasteiger partial charge in [-0.25, -0.2) is 4.79 Å². The van der Waals surface area contributed by atoms with Crippen molar-refractivity contribution >= 4 is 5.97 Å². The minimum atomic E-state index is -1.42. The van der Waals surface area contributed by atoms with Crippen LogP contribution in [0, 0.1) is 5.92 Å². The van der Waals surface area contributed by atoms with E-state index in [1.165, 1.54) is 0 Å². The van der Waals surface area contributed by atoms with Gasteiger partial charge in [0.15, 0.2) is 5.60 Å². The Hall–Kier alpha value is -1.09. The zero-order valence-electron chi connectivity index (χ0n) is 8.03. The lowest BCUT2D eigenvalue weighted by Crippen LogP contribution is -2.41. The Morgan fingerprint density at radius 3 is 3.07 bits per heavy atom. The monoisotopic (exact) mass is 194 g/mol. The number of allylic oxidation sites excluding steroid dienone is 1. The Morgan fingerprint density at radius 1 is 1.71 bits per heavy atom. The van der Waals surface area contributed by atoms with Crippen molar-refractivity contribution in [1.29, 1.82) is 0 Å². The minimum absolute atomic E-state index is 0.246. The van der Waals surface area contributed by atoms with Crippen LogP contribution in [-0.2, 0) is 9.53 Å². The first-order valence-electron chi connectivity index (χ1n) is 4.91. The molecule has 0 spiro atoms. The third kappa shape index (κ3) is 1.12. The quantitative estimate of drug-likeness (QED) is 0.530. The van der Waals surface area contributed by atoms with Gasteiger partial charge in [0.05, 0.1) is 5.92 Å². The van der Waals surface area contributed by atoms with Crippen molar-refractivity contribution in [1.82, 2.24) is 0 Å². The second-order valence-corrected chi connectivity index (χ2v) is 3.83. The summed E-state index contributed by atoms with van der Waals surface area (Å²) in [6.07, 6.45) is 6.28. The van der Waals surface area contributed by atoms with Gasteiger partial charge in [-0.1, -0.05) is 12.2 Å². The maximum Gasteiger partial charge on any atom is 0.343 e. The second-order valence-electron chi connectivity index (χ2n) is 3.83. The first-order chi connectivity index (χ1) is 6.69. The van der Waals surface area contributed by atoms with E-state index in [2.05, 4.69) is 6.58 Å². The number of rotatable bonds is 2. The maximum atomic E-state index is 11.5. The molecular formula is C11H14O3. The lowest BCUT2D eigenvalue weighted by atomic mass is 9.83.